The van der Waals surface area contributed by atoms with Crippen LogP contribution in [0.2, 0.25) is 0 Å². The second-order valence-electron chi connectivity index (χ2n) is 3.33. The number of aryl methyl sites for hydroxylation is 1. The van der Waals surface area contributed by atoms with Gasteiger partial charge in [0.15, 0.2) is 0 Å². The Bertz CT molecular complexity index is 339. The molecule has 1 saturated carbocycles. The average Bonchev–Trinajstić information content (AvgIpc) is 2.73. The molecule has 1 aromatic rings. The number of halogens is 3. The van der Waals surface area contributed by atoms with Crippen molar-refractivity contribution >= 4 is 5.95 Å². The van der Waals surface area contributed by atoms with Crippen molar-refractivity contribution in [3.63, 3.8) is 0 Å². The van der Waals surface area contributed by atoms with Gasteiger partial charge in [-0.3, -0.25) is 0 Å². The van der Waals surface area contributed by atoms with Crippen molar-refractivity contribution in [2.24, 2.45) is 7.05 Å². The molecule has 5 nitrogen and oxygen atoms in total. The molecule has 0 bridgehead atoms. The van der Waals surface area contributed by atoms with Crippen molar-refractivity contribution < 1.29 is 13.2 Å². The first kappa shape index (κ1) is 9.22. The molecule has 1 fully saturated rings. The Morgan fingerprint density at radius 2 is 2.07 bits per heavy atom. The molecule has 0 unspecified atom stereocenters. The molecule has 2 rings (SSSR count). The number of nitrogens with one attached hydrogen (secondary N) is 1. The molecule has 8 heteroatoms. The Labute approximate surface area is 77.3 Å². The van der Waals surface area contributed by atoms with Gasteiger partial charge in [0.2, 0.25) is 5.95 Å². The minimum absolute atomic E-state index is 0.0415. The Morgan fingerprint density at radius 3 is 2.43 bits per heavy atom. The van der Waals surface area contributed by atoms with Crippen LogP contribution in [0.25, 0.3) is 0 Å². The van der Waals surface area contributed by atoms with Gasteiger partial charge in [-0.05, 0) is 23.3 Å². The number of nitrogens with zero attached hydrogens (tertiary/aromatic N) is 4. The van der Waals surface area contributed by atoms with E-state index < -0.39 is 11.7 Å². The van der Waals surface area contributed by atoms with Gasteiger partial charge in [0.25, 0.3) is 0 Å². The first-order valence-electron chi connectivity index (χ1n) is 4.02. The van der Waals surface area contributed by atoms with E-state index in [0.29, 0.717) is 0 Å². The summed E-state index contributed by atoms with van der Waals surface area (Å²) in [5.74, 6) is 0.0415. The van der Waals surface area contributed by atoms with E-state index in [1.165, 1.54) is 11.7 Å². The lowest BCUT2D eigenvalue weighted by atomic mass is 10.3. The van der Waals surface area contributed by atoms with Crippen molar-refractivity contribution in [1.29, 1.82) is 0 Å². The number of hydrogen-bond acceptors (Lipinski definition) is 4. The maximum absolute atomic E-state index is 12.5. The smallest absolute Gasteiger partial charge is 0.339 e. The molecule has 0 amide bonds. The third kappa shape index (κ3) is 1.30. The first-order chi connectivity index (χ1) is 6.45. The van der Waals surface area contributed by atoms with Gasteiger partial charge >= 0.3 is 6.18 Å². The number of rotatable bonds is 2. The van der Waals surface area contributed by atoms with Crippen LogP contribution in [0.4, 0.5) is 19.1 Å². The van der Waals surface area contributed by atoms with Crippen molar-refractivity contribution in [2.75, 3.05) is 5.32 Å². The van der Waals surface area contributed by atoms with Gasteiger partial charge in [0.1, 0.15) is 5.54 Å². The summed E-state index contributed by atoms with van der Waals surface area (Å²) in [5, 5.41) is 12.4. The van der Waals surface area contributed by atoms with Crippen LogP contribution in [0, 0.1) is 0 Å². The van der Waals surface area contributed by atoms with E-state index in [0.717, 1.165) is 0 Å². The standard InChI is InChI=1S/C6H8F3N5/c1-14-4(11-12-13-14)10-5(2-3-5)6(7,8)9/h2-3H2,1H3,(H,10,11,13). The highest BCUT2D eigenvalue weighted by Crippen LogP contribution is 2.50. The van der Waals surface area contributed by atoms with E-state index in [-0.39, 0.29) is 18.8 Å². The number of tetrazole rings is 1. The molecule has 0 spiro atoms. The Hall–Kier alpha value is -1.34. The lowest BCUT2D eigenvalue weighted by Gasteiger charge is -2.20. The molecule has 1 N–H and O–H groups in total. The van der Waals surface area contributed by atoms with E-state index in [9.17, 15) is 13.2 Å². The summed E-state index contributed by atoms with van der Waals surface area (Å²) in [4.78, 5) is 0. The van der Waals surface area contributed by atoms with Gasteiger partial charge in [-0.2, -0.15) is 13.2 Å². The molecule has 1 heterocycles. The lowest BCUT2D eigenvalue weighted by Crippen LogP contribution is -2.39. The van der Waals surface area contributed by atoms with Crippen LogP contribution in [0.15, 0.2) is 0 Å². The van der Waals surface area contributed by atoms with Gasteiger partial charge in [0.05, 0.1) is 0 Å². The highest BCUT2D eigenvalue weighted by molar-refractivity contribution is 5.34. The molecule has 0 aromatic carbocycles. The van der Waals surface area contributed by atoms with Crippen LogP contribution in [0.1, 0.15) is 12.8 Å². The molecule has 0 atom stereocenters. The SMILES string of the molecule is Cn1nnnc1NC1(C(F)(F)F)CC1. The summed E-state index contributed by atoms with van der Waals surface area (Å²) >= 11 is 0. The third-order valence-corrected chi connectivity index (χ3v) is 2.26. The molecule has 14 heavy (non-hydrogen) atoms. The molecular weight excluding hydrogens is 199 g/mol. The summed E-state index contributed by atoms with van der Waals surface area (Å²) in [5.41, 5.74) is -1.81. The molecule has 78 valence electrons. The van der Waals surface area contributed by atoms with Crippen LogP contribution >= 0.6 is 0 Å². The predicted octanol–water partition coefficient (Wildman–Crippen LogP) is 0.717. The van der Waals surface area contributed by atoms with Crippen molar-refractivity contribution in [2.45, 2.75) is 24.6 Å². The van der Waals surface area contributed by atoms with Crippen LogP contribution < -0.4 is 5.32 Å². The molecule has 0 aliphatic heterocycles. The zero-order valence-corrected chi connectivity index (χ0v) is 7.34. The van der Waals surface area contributed by atoms with E-state index in [1.54, 1.807) is 0 Å². The fourth-order valence-corrected chi connectivity index (χ4v) is 1.15. The molecule has 1 aliphatic carbocycles. The Kier molecular flexibility index (Phi) is 1.70. The third-order valence-electron chi connectivity index (χ3n) is 2.26. The molecule has 0 saturated heterocycles. The average molecular weight is 207 g/mol. The summed E-state index contributed by atoms with van der Waals surface area (Å²) in [7, 11) is 1.48. The van der Waals surface area contributed by atoms with Gasteiger partial charge in [-0.25, -0.2) is 4.68 Å². The Balaban J connectivity index is 2.16. The van der Waals surface area contributed by atoms with E-state index in [4.69, 9.17) is 0 Å². The molecular formula is C6H8F3N5. The van der Waals surface area contributed by atoms with Crippen molar-refractivity contribution in [3.8, 4) is 0 Å². The minimum atomic E-state index is -4.25. The topological polar surface area (TPSA) is 55.6 Å². The summed E-state index contributed by atoms with van der Waals surface area (Å²) in [6.45, 7) is 0. The van der Waals surface area contributed by atoms with Crippen molar-refractivity contribution in [3.05, 3.63) is 0 Å². The van der Waals surface area contributed by atoms with E-state index in [2.05, 4.69) is 20.8 Å². The second kappa shape index (κ2) is 2.58. The fourth-order valence-electron chi connectivity index (χ4n) is 1.15. The first-order valence-corrected chi connectivity index (χ1v) is 4.02. The quantitative estimate of drug-likeness (QED) is 0.776. The number of alkyl halides is 3. The highest BCUT2D eigenvalue weighted by Gasteiger charge is 2.64. The summed E-state index contributed by atoms with van der Waals surface area (Å²) < 4.78 is 38.6. The van der Waals surface area contributed by atoms with E-state index >= 15 is 0 Å². The monoisotopic (exact) mass is 207 g/mol. The molecule has 1 aliphatic rings. The molecule has 1 aromatic heterocycles. The molecule has 0 radical (unpaired) electrons. The normalized spacial score (nSPS) is 19.4. The number of aromatic nitrogens is 4. The maximum atomic E-state index is 12.5. The maximum Gasteiger partial charge on any atom is 0.411 e. The van der Waals surface area contributed by atoms with Crippen LogP contribution in [-0.4, -0.2) is 31.9 Å². The summed E-state index contributed by atoms with van der Waals surface area (Å²) in [6, 6.07) is 0. The van der Waals surface area contributed by atoms with Crippen LogP contribution in [-0.2, 0) is 7.05 Å². The van der Waals surface area contributed by atoms with Crippen LogP contribution in [0.5, 0.6) is 0 Å². The van der Waals surface area contributed by atoms with Gasteiger partial charge in [0, 0.05) is 7.05 Å². The van der Waals surface area contributed by atoms with Gasteiger partial charge < -0.3 is 5.32 Å². The summed E-state index contributed by atoms with van der Waals surface area (Å²) in [6.07, 6.45) is -4.11. The second-order valence-corrected chi connectivity index (χ2v) is 3.33. The predicted molar refractivity (Wildman–Crippen MR) is 40.4 cm³/mol. The minimum Gasteiger partial charge on any atom is -0.339 e. The number of anilines is 1. The van der Waals surface area contributed by atoms with Crippen LogP contribution in [0.3, 0.4) is 0 Å². The van der Waals surface area contributed by atoms with Gasteiger partial charge in [-0.1, -0.05) is 5.10 Å². The number of hydrogen-bond donors (Lipinski definition) is 1. The van der Waals surface area contributed by atoms with E-state index in [1.807, 2.05) is 0 Å². The van der Waals surface area contributed by atoms with Crippen molar-refractivity contribution in [1.82, 2.24) is 20.2 Å². The fraction of sp³-hybridized carbons (Fsp3) is 0.833. The van der Waals surface area contributed by atoms with Gasteiger partial charge in [-0.15, -0.1) is 0 Å². The zero-order chi connectivity index (χ0) is 10.4. The lowest BCUT2D eigenvalue weighted by molar-refractivity contribution is -0.151. The zero-order valence-electron chi connectivity index (χ0n) is 7.34. The largest absolute Gasteiger partial charge is 0.411 e. The highest BCUT2D eigenvalue weighted by atomic mass is 19.4. The Morgan fingerprint density at radius 1 is 1.43 bits per heavy atom.